The van der Waals surface area contributed by atoms with Crippen molar-refractivity contribution in [2.45, 2.75) is 64.0 Å². The van der Waals surface area contributed by atoms with Gasteiger partial charge in [0, 0.05) is 29.6 Å². The molecular weight excluding hydrogens is 228 g/mol. The maximum atomic E-state index is 4.65. The van der Waals surface area contributed by atoms with E-state index < -0.39 is 0 Å². The molecule has 0 spiro atoms. The molecule has 17 heavy (non-hydrogen) atoms. The van der Waals surface area contributed by atoms with Gasteiger partial charge in [0.2, 0.25) is 0 Å². The van der Waals surface area contributed by atoms with Crippen LogP contribution in [0.5, 0.6) is 0 Å². The Balaban J connectivity index is 1.58. The smallest absolute Gasteiger partial charge is 0.0959 e. The molecule has 94 valence electrons. The molecule has 1 aromatic rings. The van der Waals surface area contributed by atoms with Crippen LogP contribution in [0, 0.1) is 5.92 Å². The average Bonchev–Trinajstić information content (AvgIpc) is 3.04. The van der Waals surface area contributed by atoms with Crippen LogP contribution in [-0.4, -0.2) is 11.0 Å². The highest BCUT2D eigenvalue weighted by atomic mass is 32.1. The monoisotopic (exact) mass is 250 g/mol. The predicted molar refractivity (Wildman–Crippen MR) is 72.3 cm³/mol. The van der Waals surface area contributed by atoms with Crippen molar-refractivity contribution < 1.29 is 0 Å². The third-order valence-corrected chi connectivity index (χ3v) is 5.16. The van der Waals surface area contributed by atoms with Crippen LogP contribution in [-0.2, 0) is 6.54 Å². The lowest BCUT2D eigenvalue weighted by molar-refractivity contribution is 0.343. The molecule has 2 aliphatic rings. The quantitative estimate of drug-likeness (QED) is 0.881. The Morgan fingerprint density at radius 3 is 3.00 bits per heavy atom. The van der Waals surface area contributed by atoms with Crippen LogP contribution in [0.15, 0.2) is 6.20 Å². The van der Waals surface area contributed by atoms with Gasteiger partial charge in [-0.25, -0.2) is 4.98 Å². The van der Waals surface area contributed by atoms with Gasteiger partial charge in [-0.05, 0) is 31.6 Å². The van der Waals surface area contributed by atoms with E-state index in [1.54, 1.807) is 0 Å². The second kappa shape index (κ2) is 5.07. The van der Waals surface area contributed by atoms with E-state index in [4.69, 9.17) is 0 Å². The van der Waals surface area contributed by atoms with Gasteiger partial charge in [0.25, 0.3) is 0 Å². The maximum Gasteiger partial charge on any atom is 0.0959 e. The zero-order valence-corrected chi connectivity index (χ0v) is 11.4. The summed E-state index contributed by atoms with van der Waals surface area (Å²) in [4.78, 5) is 6.07. The van der Waals surface area contributed by atoms with Crippen molar-refractivity contribution in [1.82, 2.24) is 10.3 Å². The zero-order valence-electron chi connectivity index (χ0n) is 10.6. The topological polar surface area (TPSA) is 24.9 Å². The third kappa shape index (κ3) is 3.08. The largest absolute Gasteiger partial charge is 0.309 e. The lowest BCUT2D eigenvalue weighted by Gasteiger charge is -2.24. The van der Waals surface area contributed by atoms with Crippen LogP contribution in [0.3, 0.4) is 0 Å². The van der Waals surface area contributed by atoms with Gasteiger partial charge in [-0.2, -0.15) is 0 Å². The Morgan fingerprint density at radius 2 is 2.24 bits per heavy atom. The summed E-state index contributed by atoms with van der Waals surface area (Å²) in [6.07, 6.45) is 10.3. The molecule has 1 heterocycles. The number of nitrogens with zero attached hydrogens (tertiary/aromatic N) is 1. The summed E-state index contributed by atoms with van der Waals surface area (Å²) in [7, 11) is 0. The van der Waals surface area contributed by atoms with Crippen LogP contribution >= 0.6 is 11.3 Å². The highest BCUT2D eigenvalue weighted by Crippen LogP contribution is 2.37. The molecule has 2 nitrogen and oxygen atoms in total. The molecule has 0 bridgehead atoms. The summed E-state index contributed by atoms with van der Waals surface area (Å²) in [5.41, 5.74) is 0. The number of thiazole rings is 1. The van der Waals surface area contributed by atoms with Gasteiger partial charge in [-0.15, -0.1) is 11.3 Å². The Bertz CT molecular complexity index is 370. The fraction of sp³-hybridized carbons (Fsp3) is 0.786. The molecule has 1 N–H and O–H groups in total. The lowest BCUT2D eigenvalue weighted by Crippen LogP contribution is -2.14. The van der Waals surface area contributed by atoms with Gasteiger partial charge in [-0.3, -0.25) is 0 Å². The van der Waals surface area contributed by atoms with Crippen LogP contribution in [0.4, 0.5) is 0 Å². The van der Waals surface area contributed by atoms with Crippen LogP contribution in [0.2, 0.25) is 0 Å². The Morgan fingerprint density at radius 1 is 1.35 bits per heavy atom. The molecule has 2 saturated carbocycles. The van der Waals surface area contributed by atoms with Crippen molar-refractivity contribution in [2.24, 2.45) is 5.92 Å². The number of nitrogens with one attached hydrogen (secondary N) is 1. The maximum absolute atomic E-state index is 4.65. The van der Waals surface area contributed by atoms with E-state index in [2.05, 4.69) is 23.4 Å². The summed E-state index contributed by atoms with van der Waals surface area (Å²) in [5.74, 6) is 1.64. The Kier molecular flexibility index (Phi) is 3.48. The second-order valence-corrected chi connectivity index (χ2v) is 6.94. The molecule has 0 aromatic carbocycles. The fourth-order valence-electron chi connectivity index (χ4n) is 2.78. The third-order valence-electron chi connectivity index (χ3n) is 4.00. The van der Waals surface area contributed by atoms with E-state index in [1.165, 1.54) is 48.4 Å². The highest BCUT2D eigenvalue weighted by molar-refractivity contribution is 7.11. The molecule has 0 saturated heterocycles. The number of rotatable bonds is 4. The fourth-order valence-corrected chi connectivity index (χ4v) is 3.80. The van der Waals surface area contributed by atoms with Crippen LogP contribution in [0.25, 0.3) is 0 Å². The van der Waals surface area contributed by atoms with E-state index >= 15 is 0 Å². The first-order chi connectivity index (χ1) is 8.31. The van der Waals surface area contributed by atoms with Crippen molar-refractivity contribution in [1.29, 1.82) is 0 Å². The first-order valence-electron chi connectivity index (χ1n) is 6.99. The zero-order chi connectivity index (χ0) is 11.7. The molecule has 3 heteroatoms. The minimum Gasteiger partial charge on any atom is -0.309 e. The summed E-state index contributed by atoms with van der Waals surface area (Å²) in [5, 5.41) is 4.96. The SMILES string of the molecule is CC1CCCC(c2ncc(CNC3CC3)s2)C1. The average molecular weight is 250 g/mol. The standard InChI is InChI=1S/C14H22N2S/c1-10-3-2-4-11(7-10)14-16-9-13(17-14)8-15-12-5-6-12/h9-12,15H,2-8H2,1H3. The molecule has 3 rings (SSSR count). The van der Waals surface area contributed by atoms with E-state index in [9.17, 15) is 0 Å². The normalized spacial score (nSPS) is 29.5. The minimum atomic E-state index is 0.749. The molecular formula is C14H22N2S. The van der Waals surface area contributed by atoms with E-state index in [-0.39, 0.29) is 0 Å². The number of aromatic nitrogens is 1. The first kappa shape index (κ1) is 11.7. The van der Waals surface area contributed by atoms with Crippen molar-refractivity contribution in [3.05, 3.63) is 16.1 Å². The van der Waals surface area contributed by atoms with E-state index in [0.717, 1.165) is 24.4 Å². The Labute approximate surface area is 108 Å². The number of hydrogen-bond donors (Lipinski definition) is 1. The van der Waals surface area contributed by atoms with Gasteiger partial charge >= 0.3 is 0 Å². The summed E-state index contributed by atoms with van der Waals surface area (Å²) in [6, 6.07) is 0.801. The summed E-state index contributed by atoms with van der Waals surface area (Å²) in [6.45, 7) is 3.42. The molecule has 2 unspecified atom stereocenters. The summed E-state index contributed by atoms with van der Waals surface area (Å²) >= 11 is 1.94. The molecule has 0 radical (unpaired) electrons. The molecule has 2 aliphatic carbocycles. The van der Waals surface area contributed by atoms with E-state index in [0.29, 0.717) is 0 Å². The summed E-state index contributed by atoms with van der Waals surface area (Å²) < 4.78 is 0. The molecule has 0 amide bonds. The van der Waals surface area contributed by atoms with Crippen molar-refractivity contribution in [2.75, 3.05) is 0 Å². The van der Waals surface area contributed by atoms with Gasteiger partial charge in [-0.1, -0.05) is 19.8 Å². The lowest BCUT2D eigenvalue weighted by atomic mass is 9.83. The highest BCUT2D eigenvalue weighted by Gasteiger charge is 2.24. The van der Waals surface area contributed by atoms with Gasteiger partial charge < -0.3 is 5.32 Å². The second-order valence-electron chi connectivity index (χ2n) is 5.79. The molecule has 0 aliphatic heterocycles. The Hall–Kier alpha value is -0.410. The number of hydrogen-bond acceptors (Lipinski definition) is 3. The van der Waals surface area contributed by atoms with Crippen LogP contribution < -0.4 is 5.32 Å². The first-order valence-corrected chi connectivity index (χ1v) is 7.81. The van der Waals surface area contributed by atoms with Crippen molar-refractivity contribution in [3.63, 3.8) is 0 Å². The van der Waals surface area contributed by atoms with Gasteiger partial charge in [0.15, 0.2) is 0 Å². The predicted octanol–water partition coefficient (Wildman–Crippen LogP) is 3.69. The minimum absolute atomic E-state index is 0.749. The van der Waals surface area contributed by atoms with Gasteiger partial charge in [0.1, 0.15) is 0 Å². The molecule has 1 aromatic heterocycles. The molecule has 2 atom stereocenters. The van der Waals surface area contributed by atoms with Crippen molar-refractivity contribution >= 4 is 11.3 Å². The van der Waals surface area contributed by atoms with Crippen molar-refractivity contribution in [3.8, 4) is 0 Å². The molecule has 2 fully saturated rings. The van der Waals surface area contributed by atoms with E-state index in [1.807, 2.05) is 11.3 Å². The van der Waals surface area contributed by atoms with Gasteiger partial charge in [0.05, 0.1) is 5.01 Å². The van der Waals surface area contributed by atoms with Crippen LogP contribution in [0.1, 0.15) is 61.3 Å².